The molecule has 0 radical (unpaired) electrons. The van der Waals surface area contributed by atoms with Crippen LogP contribution in [-0.2, 0) is 0 Å². The molecule has 0 saturated heterocycles. The predicted molar refractivity (Wildman–Crippen MR) is 84.9 cm³/mol. The first-order valence-electron chi connectivity index (χ1n) is 6.90. The molecule has 2 aromatic heterocycles. The molecule has 8 heteroatoms. The van der Waals surface area contributed by atoms with Crippen LogP contribution in [0.1, 0.15) is 5.69 Å². The highest BCUT2D eigenvalue weighted by Gasteiger charge is 2.14. The molecule has 1 N–H and O–H groups in total. The second-order valence-corrected chi connectivity index (χ2v) is 4.78. The van der Waals surface area contributed by atoms with Gasteiger partial charge in [-0.15, -0.1) is 5.10 Å². The van der Waals surface area contributed by atoms with Gasteiger partial charge in [0.05, 0.1) is 33.2 Å². The van der Waals surface area contributed by atoms with Crippen LogP contribution in [0.4, 0.5) is 11.6 Å². The molecule has 2 heterocycles. The Balaban J connectivity index is 1.97. The van der Waals surface area contributed by atoms with Crippen LogP contribution in [0.3, 0.4) is 0 Å². The summed E-state index contributed by atoms with van der Waals surface area (Å²) < 4.78 is 17.6. The van der Waals surface area contributed by atoms with Gasteiger partial charge in [-0.3, -0.25) is 0 Å². The number of benzene rings is 1. The maximum absolute atomic E-state index is 5.33. The van der Waals surface area contributed by atoms with Crippen molar-refractivity contribution in [1.29, 1.82) is 0 Å². The lowest BCUT2D eigenvalue weighted by Crippen LogP contribution is -2.02. The quantitative estimate of drug-likeness (QED) is 0.772. The smallest absolute Gasteiger partial charge is 0.245 e. The summed E-state index contributed by atoms with van der Waals surface area (Å²) in [4.78, 5) is 8.49. The minimum Gasteiger partial charge on any atom is -0.493 e. The molecule has 0 saturated carbocycles. The second-order valence-electron chi connectivity index (χ2n) is 4.78. The summed E-state index contributed by atoms with van der Waals surface area (Å²) in [6.45, 7) is 1.91. The highest BCUT2D eigenvalue weighted by molar-refractivity contribution is 5.65. The van der Waals surface area contributed by atoms with Crippen LogP contribution < -0.4 is 19.5 Å². The molecule has 0 amide bonds. The highest BCUT2D eigenvalue weighted by Crippen LogP contribution is 2.40. The average Bonchev–Trinajstić information content (AvgIpc) is 2.94. The van der Waals surface area contributed by atoms with E-state index in [1.807, 2.05) is 6.92 Å². The number of methoxy groups -OCH3 is 3. The molecule has 8 nitrogen and oxygen atoms in total. The van der Waals surface area contributed by atoms with Gasteiger partial charge in [-0.05, 0) is 6.92 Å². The Labute approximate surface area is 133 Å². The van der Waals surface area contributed by atoms with E-state index >= 15 is 0 Å². The number of hydrogen-bond acceptors (Lipinski definition) is 7. The topological polar surface area (TPSA) is 82.8 Å². The van der Waals surface area contributed by atoms with E-state index in [9.17, 15) is 0 Å². The van der Waals surface area contributed by atoms with Crippen molar-refractivity contribution in [1.82, 2.24) is 19.6 Å². The molecule has 0 aliphatic carbocycles. The third-order valence-electron chi connectivity index (χ3n) is 3.41. The number of nitrogens with one attached hydrogen (secondary N) is 1. The number of hydrogen-bond donors (Lipinski definition) is 1. The molecular weight excluding hydrogens is 298 g/mol. The molecule has 120 valence electrons. The molecule has 1 aromatic carbocycles. The van der Waals surface area contributed by atoms with Gasteiger partial charge in [0.25, 0.3) is 0 Å². The van der Waals surface area contributed by atoms with Crippen LogP contribution in [0.15, 0.2) is 24.7 Å². The second kappa shape index (κ2) is 5.99. The summed E-state index contributed by atoms with van der Waals surface area (Å²) >= 11 is 0. The van der Waals surface area contributed by atoms with Crippen molar-refractivity contribution in [3.8, 4) is 17.2 Å². The Morgan fingerprint density at radius 2 is 1.70 bits per heavy atom. The van der Waals surface area contributed by atoms with Crippen molar-refractivity contribution in [2.45, 2.75) is 6.92 Å². The minimum absolute atomic E-state index is 0.434. The van der Waals surface area contributed by atoms with Crippen LogP contribution in [0.5, 0.6) is 17.2 Å². The molecular formula is C15H17N5O3. The number of ether oxygens (including phenoxy) is 3. The van der Waals surface area contributed by atoms with Gasteiger partial charge in [-0.1, -0.05) is 0 Å². The molecule has 3 aromatic rings. The summed E-state index contributed by atoms with van der Waals surface area (Å²) in [7, 11) is 4.70. The van der Waals surface area contributed by atoms with Crippen molar-refractivity contribution in [2.24, 2.45) is 0 Å². The largest absolute Gasteiger partial charge is 0.493 e. The number of fused-ring (bicyclic) bond motifs is 1. The fourth-order valence-corrected chi connectivity index (χ4v) is 2.26. The van der Waals surface area contributed by atoms with Crippen molar-refractivity contribution < 1.29 is 14.2 Å². The van der Waals surface area contributed by atoms with Crippen LogP contribution in [-0.4, -0.2) is 40.9 Å². The first kappa shape index (κ1) is 14.9. The van der Waals surface area contributed by atoms with E-state index in [1.54, 1.807) is 50.5 Å². The van der Waals surface area contributed by atoms with Crippen molar-refractivity contribution >= 4 is 17.2 Å². The van der Waals surface area contributed by atoms with Crippen LogP contribution >= 0.6 is 0 Å². The van der Waals surface area contributed by atoms with Crippen LogP contribution in [0.25, 0.3) is 5.52 Å². The first-order valence-corrected chi connectivity index (χ1v) is 6.90. The Morgan fingerprint density at radius 3 is 2.30 bits per heavy atom. The molecule has 0 aliphatic heterocycles. The van der Waals surface area contributed by atoms with Gasteiger partial charge in [-0.2, -0.15) is 0 Å². The zero-order valence-electron chi connectivity index (χ0n) is 13.3. The normalized spacial score (nSPS) is 10.6. The van der Waals surface area contributed by atoms with Gasteiger partial charge >= 0.3 is 0 Å². The molecule has 0 atom stereocenters. The number of rotatable bonds is 5. The molecule has 0 unspecified atom stereocenters. The average molecular weight is 315 g/mol. The SMILES string of the molecule is COc1cc(Nc2ncc3c(C)ncn3n2)cc(OC)c1OC. The summed E-state index contributed by atoms with van der Waals surface area (Å²) in [5.74, 6) is 2.06. The maximum atomic E-state index is 5.33. The van der Waals surface area contributed by atoms with Crippen molar-refractivity contribution in [3.05, 3.63) is 30.4 Å². The summed E-state index contributed by atoms with van der Waals surface area (Å²) in [6, 6.07) is 3.57. The standard InChI is InChI=1S/C15H17N5O3/c1-9-11-7-16-15(19-20(11)8-17-9)18-10-5-12(21-2)14(23-4)13(6-10)22-3/h5-8H,1-4H3,(H,18,19). The summed E-state index contributed by atoms with van der Waals surface area (Å²) in [5, 5.41) is 7.48. The number of anilines is 2. The Bertz CT molecular complexity index is 821. The van der Waals surface area contributed by atoms with E-state index < -0.39 is 0 Å². The molecule has 3 rings (SSSR count). The minimum atomic E-state index is 0.434. The highest BCUT2D eigenvalue weighted by atomic mass is 16.5. The van der Waals surface area contributed by atoms with Gasteiger partial charge < -0.3 is 19.5 Å². The van der Waals surface area contributed by atoms with Gasteiger partial charge in [0.15, 0.2) is 11.5 Å². The van der Waals surface area contributed by atoms with Crippen molar-refractivity contribution in [3.63, 3.8) is 0 Å². The van der Waals surface area contributed by atoms with Gasteiger partial charge in [-0.25, -0.2) is 14.5 Å². The molecule has 0 bridgehead atoms. The Kier molecular flexibility index (Phi) is 3.88. The lowest BCUT2D eigenvalue weighted by atomic mass is 10.2. The molecule has 0 aliphatic rings. The number of aromatic nitrogens is 4. The lowest BCUT2D eigenvalue weighted by molar-refractivity contribution is 0.324. The van der Waals surface area contributed by atoms with E-state index in [4.69, 9.17) is 14.2 Å². The van der Waals surface area contributed by atoms with E-state index in [2.05, 4.69) is 20.4 Å². The van der Waals surface area contributed by atoms with Gasteiger partial charge in [0.1, 0.15) is 11.8 Å². The third-order valence-corrected chi connectivity index (χ3v) is 3.41. The third kappa shape index (κ3) is 2.70. The monoisotopic (exact) mass is 315 g/mol. The van der Waals surface area contributed by atoms with Gasteiger partial charge in [0.2, 0.25) is 11.7 Å². The Morgan fingerprint density at radius 1 is 1.00 bits per heavy atom. The fraction of sp³-hybridized carbons (Fsp3) is 0.267. The first-order chi connectivity index (χ1) is 11.2. The predicted octanol–water partition coefficient (Wildman–Crippen LogP) is 2.20. The van der Waals surface area contributed by atoms with E-state index in [0.29, 0.717) is 23.2 Å². The maximum Gasteiger partial charge on any atom is 0.245 e. The number of nitrogens with zero attached hydrogens (tertiary/aromatic N) is 4. The van der Waals surface area contributed by atoms with Gasteiger partial charge in [0, 0.05) is 17.8 Å². The number of imidazole rings is 1. The molecule has 0 spiro atoms. The van der Waals surface area contributed by atoms with E-state index in [0.717, 1.165) is 16.9 Å². The Hall–Kier alpha value is -3.03. The molecule has 0 fully saturated rings. The zero-order valence-corrected chi connectivity index (χ0v) is 13.3. The van der Waals surface area contributed by atoms with E-state index in [1.165, 1.54) is 0 Å². The lowest BCUT2D eigenvalue weighted by Gasteiger charge is -2.14. The summed E-state index contributed by atoms with van der Waals surface area (Å²) in [6.07, 6.45) is 3.36. The van der Waals surface area contributed by atoms with Crippen LogP contribution in [0, 0.1) is 6.92 Å². The van der Waals surface area contributed by atoms with Crippen molar-refractivity contribution in [2.75, 3.05) is 26.6 Å². The molecule has 23 heavy (non-hydrogen) atoms. The zero-order chi connectivity index (χ0) is 16.4. The summed E-state index contributed by atoms with van der Waals surface area (Å²) in [5.41, 5.74) is 2.46. The van der Waals surface area contributed by atoms with Crippen LogP contribution in [0.2, 0.25) is 0 Å². The number of aryl methyl sites for hydroxylation is 1. The van der Waals surface area contributed by atoms with E-state index in [-0.39, 0.29) is 0 Å². The fourth-order valence-electron chi connectivity index (χ4n) is 2.26.